The number of benzene rings is 2. The zero-order valence-corrected chi connectivity index (χ0v) is 28.9. The molecule has 0 radical (unpaired) electrons. The molecule has 0 aromatic heterocycles. The van der Waals surface area contributed by atoms with Crippen molar-refractivity contribution in [1.29, 1.82) is 0 Å². The van der Waals surface area contributed by atoms with Crippen molar-refractivity contribution in [2.24, 2.45) is 0 Å². The van der Waals surface area contributed by atoms with Crippen LogP contribution in [0.25, 0.3) is 0 Å². The molecule has 0 unspecified atom stereocenters. The highest BCUT2D eigenvalue weighted by Crippen LogP contribution is 2.26. The molecule has 0 aliphatic rings. The van der Waals surface area contributed by atoms with Gasteiger partial charge in [-0.3, -0.25) is 0 Å². The van der Waals surface area contributed by atoms with Crippen LogP contribution < -0.4 is 4.74 Å². The molecule has 0 aliphatic heterocycles. The highest BCUT2D eigenvalue weighted by atomic mass is 28.3. The maximum absolute atomic E-state index is 6.33. The van der Waals surface area contributed by atoms with E-state index >= 15 is 0 Å². The van der Waals surface area contributed by atoms with Gasteiger partial charge in [0.2, 0.25) is 0 Å². The molecule has 0 atom stereocenters. The molecule has 0 heterocycles. The second-order valence-corrected chi connectivity index (χ2v) is 32.5. The summed E-state index contributed by atoms with van der Waals surface area (Å²) in [5, 5.41) is 0. The van der Waals surface area contributed by atoms with Crippen LogP contribution in [-0.2, 0) is 0 Å². The van der Waals surface area contributed by atoms with E-state index in [1.54, 1.807) is 0 Å². The van der Waals surface area contributed by atoms with Gasteiger partial charge < -0.3 is 4.74 Å². The maximum atomic E-state index is 6.33. The molecule has 0 saturated carbocycles. The molecular weight excluding hydrogens is 513 g/mol. The van der Waals surface area contributed by atoms with E-state index in [0.717, 1.165) is 33.8 Å². The zero-order valence-electron chi connectivity index (χ0n) is 24.9. The number of hydrogen-bond donors (Lipinski definition) is 0. The van der Waals surface area contributed by atoms with Crippen molar-refractivity contribution in [2.45, 2.75) is 78.6 Å². The second-order valence-electron chi connectivity index (χ2n) is 13.5. The molecule has 0 N–H and O–H groups in total. The summed E-state index contributed by atoms with van der Waals surface area (Å²) in [5.74, 6) is 15.1. The molecule has 37 heavy (non-hydrogen) atoms. The molecular formula is C32H42OSi4. The van der Waals surface area contributed by atoms with Gasteiger partial charge in [0, 0.05) is 22.3 Å². The zero-order chi connectivity index (χ0) is 28.1. The van der Waals surface area contributed by atoms with Gasteiger partial charge >= 0.3 is 0 Å². The standard InChI is InChI=1S/C32H42OSi4/c1-34(2,3)21-17-27-13-15-31(25-29(27)19-23-36(7,8)9)33-32-16-14-28(18-22-35(4,5)6)30(26-32)20-24-37(10,11)12/h13-16,25-26H,1-12H3. The van der Waals surface area contributed by atoms with Crippen molar-refractivity contribution in [2.75, 3.05) is 0 Å². The van der Waals surface area contributed by atoms with E-state index in [1.807, 2.05) is 36.4 Å². The van der Waals surface area contributed by atoms with Crippen LogP contribution in [0.1, 0.15) is 22.3 Å². The van der Waals surface area contributed by atoms with Crippen LogP contribution in [0.4, 0.5) is 0 Å². The van der Waals surface area contributed by atoms with Gasteiger partial charge in [-0.2, -0.15) is 0 Å². The third-order valence-electron chi connectivity index (χ3n) is 4.51. The fourth-order valence-corrected chi connectivity index (χ4v) is 4.79. The summed E-state index contributed by atoms with van der Waals surface area (Å²) >= 11 is 0. The van der Waals surface area contributed by atoms with Gasteiger partial charge in [0.25, 0.3) is 0 Å². The predicted octanol–water partition coefficient (Wildman–Crippen LogP) is 8.39. The number of ether oxygens (including phenoxy) is 1. The first-order valence-electron chi connectivity index (χ1n) is 12.9. The van der Waals surface area contributed by atoms with Gasteiger partial charge in [0.15, 0.2) is 0 Å². The first kappa shape index (κ1) is 30.6. The van der Waals surface area contributed by atoms with Crippen molar-refractivity contribution in [3.63, 3.8) is 0 Å². The molecule has 0 aliphatic carbocycles. The minimum Gasteiger partial charge on any atom is -0.457 e. The Morgan fingerprint density at radius 2 is 0.676 bits per heavy atom. The smallest absolute Gasteiger partial charge is 0.129 e. The maximum Gasteiger partial charge on any atom is 0.129 e. The Kier molecular flexibility index (Phi) is 9.76. The number of hydrogen-bond acceptors (Lipinski definition) is 1. The lowest BCUT2D eigenvalue weighted by Crippen LogP contribution is -2.17. The van der Waals surface area contributed by atoms with E-state index in [-0.39, 0.29) is 0 Å². The summed E-state index contributed by atoms with van der Waals surface area (Å²) in [6, 6.07) is 12.1. The van der Waals surface area contributed by atoms with E-state index in [0.29, 0.717) is 0 Å². The fourth-order valence-electron chi connectivity index (χ4n) is 2.75. The molecule has 5 heteroatoms. The third-order valence-corrected chi connectivity index (χ3v) is 8.01. The monoisotopic (exact) mass is 554 g/mol. The van der Waals surface area contributed by atoms with Crippen LogP contribution in [-0.4, -0.2) is 32.3 Å². The normalized spacial score (nSPS) is 11.5. The Labute approximate surface area is 230 Å². The van der Waals surface area contributed by atoms with Crippen molar-refractivity contribution in [3.05, 3.63) is 58.7 Å². The van der Waals surface area contributed by atoms with Gasteiger partial charge in [-0.05, 0) is 36.4 Å². The summed E-state index contributed by atoms with van der Waals surface area (Å²) in [6.07, 6.45) is 0. The molecule has 0 saturated heterocycles. The quantitative estimate of drug-likeness (QED) is 0.267. The van der Waals surface area contributed by atoms with Crippen LogP contribution in [0.3, 0.4) is 0 Å². The average molecular weight is 555 g/mol. The Hall–Kier alpha value is -2.65. The Bertz CT molecular complexity index is 1280. The lowest BCUT2D eigenvalue weighted by Gasteiger charge is -2.11. The lowest BCUT2D eigenvalue weighted by atomic mass is 10.1. The molecule has 0 amide bonds. The van der Waals surface area contributed by atoms with Crippen LogP contribution >= 0.6 is 0 Å². The van der Waals surface area contributed by atoms with E-state index < -0.39 is 32.3 Å². The Morgan fingerprint density at radius 1 is 0.405 bits per heavy atom. The van der Waals surface area contributed by atoms with E-state index in [9.17, 15) is 0 Å². The highest BCUT2D eigenvalue weighted by Gasteiger charge is 2.13. The summed E-state index contributed by atoms with van der Waals surface area (Å²) in [5.41, 5.74) is 17.7. The van der Waals surface area contributed by atoms with E-state index in [1.165, 1.54) is 0 Å². The lowest BCUT2D eigenvalue weighted by molar-refractivity contribution is 0.482. The molecule has 0 spiro atoms. The minimum atomic E-state index is -1.54. The Balaban J connectivity index is 2.55. The van der Waals surface area contributed by atoms with Gasteiger partial charge in [-0.25, -0.2) is 0 Å². The van der Waals surface area contributed by atoms with Gasteiger partial charge in [-0.1, -0.05) is 102 Å². The van der Waals surface area contributed by atoms with Crippen LogP contribution in [0.15, 0.2) is 36.4 Å². The third kappa shape index (κ3) is 12.4. The van der Waals surface area contributed by atoms with E-state index in [2.05, 4.69) is 124 Å². The predicted molar refractivity (Wildman–Crippen MR) is 174 cm³/mol. The fraction of sp³-hybridized carbons (Fsp3) is 0.375. The highest BCUT2D eigenvalue weighted by molar-refractivity contribution is 6.85. The topological polar surface area (TPSA) is 9.23 Å². The SMILES string of the molecule is C[Si](C)(C)C#Cc1ccc(Oc2ccc(C#C[Si](C)(C)C)c(C#C[Si](C)(C)C)c2)cc1C#C[Si](C)(C)C. The summed E-state index contributed by atoms with van der Waals surface area (Å²) in [6.45, 7) is 27.1. The summed E-state index contributed by atoms with van der Waals surface area (Å²) in [7, 11) is -6.07. The summed E-state index contributed by atoms with van der Waals surface area (Å²) < 4.78 is 6.33. The second kappa shape index (κ2) is 11.8. The van der Waals surface area contributed by atoms with Crippen molar-refractivity contribution in [1.82, 2.24) is 0 Å². The van der Waals surface area contributed by atoms with Gasteiger partial charge in [0.05, 0.1) is 0 Å². The van der Waals surface area contributed by atoms with Crippen LogP contribution in [0.5, 0.6) is 11.5 Å². The first-order valence-corrected chi connectivity index (χ1v) is 26.9. The first-order chi connectivity index (χ1) is 16.8. The van der Waals surface area contributed by atoms with Crippen molar-refractivity contribution >= 4 is 32.3 Å². The molecule has 2 rings (SSSR count). The molecule has 192 valence electrons. The number of rotatable bonds is 2. The largest absolute Gasteiger partial charge is 0.457 e. The van der Waals surface area contributed by atoms with Crippen LogP contribution in [0.2, 0.25) is 78.6 Å². The molecule has 2 aromatic rings. The van der Waals surface area contributed by atoms with Crippen molar-refractivity contribution in [3.8, 4) is 57.4 Å². The molecule has 0 bridgehead atoms. The Morgan fingerprint density at radius 3 is 0.946 bits per heavy atom. The van der Waals surface area contributed by atoms with E-state index in [4.69, 9.17) is 4.74 Å². The van der Waals surface area contributed by atoms with Gasteiger partial charge in [0.1, 0.15) is 43.8 Å². The average Bonchev–Trinajstić information content (AvgIpc) is 2.72. The molecule has 2 aromatic carbocycles. The molecule has 0 fully saturated rings. The molecule has 1 nitrogen and oxygen atoms in total. The van der Waals surface area contributed by atoms with Crippen LogP contribution in [0, 0.1) is 45.9 Å². The minimum absolute atomic E-state index is 0.753. The van der Waals surface area contributed by atoms with Gasteiger partial charge in [-0.15, -0.1) is 22.2 Å². The summed E-state index contributed by atoms with van der Waals surface area (Å²) in [4.78, 5) is 0. The van der Waals surface area contributed by atoms with Crippen molar-refractivity contribution < 1.29 is 4.74 Å².